The summed E-state index contributed by atoms with van der Waals surface area (Å²) in [4.78, 5) is 25.3. The van der Waals surface area contributed by atoms with Crippen LogP contribution in [0.2, 0.25) is 0 Å². The van der Waals surface area contributed by atoms with Gasteiger partial charge < -0.3 is 9.72 Å². The predicted octanol–water partition coefficient (Wildman–Crippen LogP) is 1.03. The number of nitrogens with one attached hydrogen (secondary N) is 2. The highest BCUT2D eigenvalue weighted by molar-refractivity contribution is 5.81. The number of carbonyl (C=O) groups excluding carboxylic acids is 1. The van der Waals surface area contributed by atoms with Crippen LogP contribution < -0.4 is 11.1 Å². The monoisotopic (exact) mass is 221 g/mol. The molecule has 0 aliphatic carbocycles. The quantitative estimate of drug-likeness (QED) is 0.795. The van der Waals surface area contributed by atoms with Crippen molar-refractivity contribution in [2.24, 2.45) is 0 Å². The molecule has 2 N–H and O–H groups in total. The summed E-state index contributed by atoms with van der Waals surface area (Å²) < 4.78 is 5.81. The Bertz CT molecular complexity index is 570. The number of H-pyrrole nitrogens is 1. The fraction of sp³-hybridized carbons (Fsp3) is 0.200. The van der Waals surface area contributed by atoms with E-state index in [0.717, 1.165) is 4.68 Å². The zero-order valence-corrected chi connectivity index (χ0v) is 8.69. The Labute approximate surface area is 90.8 Å². The minimum atomic E-state index is -0.658. The van der Waals surface area contributed by atoms with E-state index in [9.17, 15) is 9.59 Å². The number of amides is 1. The van der Waals surface area contributed by atoms with Crippen molar-refractivity contribution in [3.8, 4) is 0 Å². The molecule has 0 atom stereocenters. The number of benzene rings is 1. The number of imidazole rings is 1. The Balaban J connectivity index is 2.40. The van der Waals surface area contributed by atoms with Gasteiger partial charge >= 0.3 is 11.8 Å². The van der Waals surface area contributed by atoms with Gasteiger partial charge in [-0.2, -0.15) is 4.68 Å². The Morgan fingerprint density at radius 2 is 2.25 bits per heavy atom. The van der Waals surface area contributed by atoms with Crippen LogP contribution in [0.4, 0.5) is 4.79 Å². The largest absolute Gasteiger partial charge is 0.449 e. The minimum absolute atomic E-state index is 0.253. The molecule has 0 aliphatic heterocycles. The van der Waals surface area contributed by atoms with Crippen LogP contribution in [0.15, 0.2) is 29.1 Å². The number of nitrogens with zero attached hydrogens (tertiary/aromatic N) is 1. The Morgan fingerprint density at radius 1 is 1.50 bits per heavy atom. The molecule has 0 unspecified atom stereocenters. The Morgan fingerprint density at radius 3 is 3.00 bits per heavy atom. The average molecular weight is 221 g/mol. The van der Waals surface area contributed by atoms with E-state index in [1.807, 2.05) is 0 Å². The maximum atomic E-state index is 11.5. The van der Waals surface area contributed by atoms with Gasteiger partial charge in [0.15, 0.2) is 0 Å². The van der Waals surface area contributed by atoms with E-state index < -0.39 is 11.8 Å². The van der Waals surface area contributed by atoms with Gasteiger partial charge in [-0.15, -0.1) is 0 Å². The lowest BCUT2D eigenvalue weighted by Gasteiger charge is -2.05. The van der Waals surface area contributed by atoms with Crippen molar-refractivity contribution in [1.82, 2.24) is 9.66 Å². The number of fused-ring (bicyclic) bond motifs is 1. The molecule has 0 spiro atoms. The average Bonchev–Trinajstić information content (AvgIpc) is 2.56. The molecule has 0 saturated heterocycles. The van der Waals surface area contributed by atoms with Gasteiger partial charge in [-0.05, 0) is 19.1 Å². The first-order chi connectivity index (χ1) is 7.72. The summed E-state index contributed by atoms with van der Waals surface area (Å²) in [5, 5.41) is 0. The third kappa shape index (κ3) is 1.77. The third-order valence-corrected chi connectivity index (χ3v) is 2.07. The molecule has 1 heterocycles. The van der Waals surface area contributed by atoms with E-state index in [-0.39, 0.29) is 6.61 Å². The summed E-state index contributed by atoms with van der Waals surface area (Å²) in [5.74, 6) is 0. The van der Waals surface area contributed by atoms with Gasteiger partial charge in [-0.3, -0.25) is 0 Å². The van der Waals surface area contributed by atoms with E-state index in [1.165, 1.54) is 0 Å². The van der Waals surface area contributed by atoms with Crippen molar-refractivity contribution in [1.29, 1.82) is 0 Å². The van der Waals surface area contributed by atoms with Crippen LogP contribution in [0.1, 0.15) is 6.92 Å². The summed E-state index contributed by atoms with van der Waals surface area (Å²) in [6, 6.07) is 7.05. The summed E-state index contributed by atoms with van der Waals surface area (Å²) in [6.45, 7) is 1.94. The van der Waals surface area contributed by atoms with Crippen molar-refractivity contribution in [2.75, 3.05) is 12.0 Å². The second kappa shape index (κ2) is 4.09. The molecular weight excluding hydrogens is 210 g/mol. The number of para-hydroxylation sites is 2. The van der Waals surface area contributed by atoms with Crippen molar-refractivity contribution in [3.63, 3.8) is 0 Å². The molecule has 84 valence electrons. The summed E-state index contributed by atoms with van der Waals surface area (Å²) in [6.07, 6.45) is -0.658. The molecule has 0 fully saturated rings. The SMILES string of the molecule is CCOC(=O)Nn1c(=O)[nH]c2ccccc21. The third-order valence-electron chi connectivity index (χ3n) is 2.07. The second-order valence-electron chi connectivity index (χ2n) is 3.11. The maximum Gasteiger partial charge on any atom is 0.426 e. The first kappa shape index (κ1) is 10.3. The van der Waals surface area contributed by atoms with Crippen molar-refractivity contribution in [3.05, 3.63) is 34.7 Å². The maximum absolute atomic E-state index is 11.5. The summed E-state index contributed by atoms with van der Waals surface area (Å²) in [5.41, 5.74) is 3.19. The molecule has 2 aromatic rings. The molecule has 0 radical (unpaired) electrons. The fourth-order valence-corrected chi connectivity index (χ4v) is 1.42. The molecule has 2 rings (SSSR count). The summed E-state index contributed by atoms with van der Waals surface area (Å²) in [7, 11) is 0. The number of carbonyl (C=O) groups is 1. The first-order valence-corrected chi connectivity index (χ1v) is 4.86. The molecule has 0 aliphatic rings. The van der Waals surface area contributed by atoms with E-state index >= 15 is 0 Å². The molecule has 0 bridgehead atoms. The zero-order chi connectivity index (χ0) is 11.5. The van der Waals surface area contributed by atoms with Crippen LogP contribution in [0.3, 0.4) is 0 Å². The molecule has 1 aromatic heterocycles. The molecule has 0 saturated carbocycles. The molecule has 1 amide bonds. The highest BCUT2D eigenvalue weighted by atomic mass is 16.6. The van der Waals surface area contributed by atoms with Crippen LogP contribution in [0.25, 0.3) is 11.0 Å². The normalized spacial score (nSPS) is 10.3. The number of hydrogen-bond donors (Lipinski definition) is 2. The van der Waals surface area contributed by atoms with Gasteiger partial charge in [0.2, 0.25) is 0 Å². The van der Waals surface area contributed by atoms with Crippen LogP contribution >= 0.6 is 0 Å². The molecular formula is C10H11N3O3. The first-order valence-electron chi connectivity index (χ1n) is 4.86. The molecule has 6 nitrogen and oxygen atoms in total. The van der Waals surface area contributed by atoms with Gasteiger partial charge in [-0.1, -0.05) is 12.1 Å². The summed E-state index contributed by atoms with van der Waals surface area (Å²) >= 11 is 0. The molecule has 6 heteroatoms. The lowest BCUT2D eigenvalue weighted by Crippen LogP contribution is -2.31. The van der Waals surface area contributed by atoms with Gasteiger partial charge in [0.1, 0.15) is 0 Å². The van der Waals surface area contributed by atoms with Gasteiger partial charge in [0.05, 0.1) is 17.6 Å². The number of ether oxygens (including phenoxy) is 1. The van der Waals surface area contributed by atoms with Crippen LogP contribution in [-0.2, 0) is 4.74 Å². The number of aromatic amines is 1. The standard InChI is InChI=1S/C10H11N3O3/c1-2-16-10(15)12-13-8-6-4-3-5-7(8)11-9(13)14/h3-6H,2H2,1H3,(H,11,14)(H,12,15). The van der Waals surface area contributed by atoms with E-state index in [0.29, 0.717) is 11.0 Å². The second-order valence-corrected chi connectivity index (χ2v) is 3.11. The highest BCUT2D eigenvalue weighted by Gasteiger charge is 2.08. The van der Waals surface area contributed by atoms with Crippen LogP contribution in [0, 0.1) is 0 Å². The lowest BCUT2D eigenvalue weighted by atomic mass is 10.3. The van der Waals surface area contributed by atoms with E-state index in [1.54, 1.807) is 31.2 Å². The van der Waals surface area contributed by atoms with Gasteiger partial charge in [0.25, 0.3) is 0 Å². The fourth-order valence-electron chi connectivity index (χ4n) is 1.42. The highest BCUT2D eigenvalue weighted by Crippen LogP contribution is 2.07. The Kier molecular flexibility index (Phi) is 2.63. The molecule has 16 heavy (non-hydrogen) atoms. The number of rotatable bonds is 2. The predicted molar refractivity (Wildman–Crippen MR) is 58.9 cm³/mol. The van der Waals surface area contributed by atoms with Crippen molar-refractivity contribution < 1.29 is 9.53 Å². The lowest BCUT2D eigenvalue weighted by molar-refractivity contribution is 0.164. The zero-order valence-electron chi connectivity index (χ0n) is 8.69. The van der Waals surface area contributed by atoms with E-state index in [2.05, 4.69) is 10.4 Å². The number of hydrogen-bond acceptors (Lipinski definition) is 3. The smallest absolute Gasteiger partial charge is 0.426 e. The molecule has 1 aromatic carbocycles. The van der Waals surface area contributed by atoms with Crippen molar-refractivity contribution in [2.45, 2.75) is 6.92 Å². The van der Waals surface area contributed by atoms with Gasteiger partial charge in [-0.25, -0.2) is 15.0 Å². The van der Waals surface area contributed by atoms with Gasteiger partial charge in [0, 0.05) is 0 Å². The van der Waals surface area contributed by atoms with E-state index in [4.69, 9.17) is 4.74 Å². The van der Waals surface area contributed by atoms with Crippen LogP contribution in [0.5, 0.6) is 0 Å². The number of aromatic nitrogens is 2. The van der Waals surface area contributed by atoms with Crippen molar-refractivity contribution >= 4 is 17.1 Å². The minimum Gasteiger partial charge on any atom is -0.449 e. The topological polar surface area (TPSA) is 76.1 Å². The Hall–Kier alpha value is -2.24. The van der Waals surface area contributed by atoms with Crippen LogP contribution in [-0.4, -0.2) is 22.4 Å².